The number of aliphatic hydroxyl groups excluding tert-OH is 1. The summed E-state index contributed by atoms with van der Waals surface area (Å²) in [6.45, 7) is 9.40. The summed E-state index contributed by atoms with van der Waals surface area (Å²) < 4.78 is 29.7. The fourth-order valence-corrected chi connectivity index (χ4v) is 4.64. The Morgan fingerprint density at radius 3 is 2.39 bits per heavy atom. The van der Waals surface area contributed by atoms with Crippen molar-refractivity contribution in [3.8, 4) is 10.4 Å². The molecule has 2 atom stereocenters. The number of nitrogens with one attached hydrogen (secondary N) is 2. The van der Waals surface area contributed by atoms with Crippen molar-refractivity contribution in [1.29, 1.82) is 0 Å². The first-order chi connectivity index (χ1) is 16.8. The lowest BCUT2D eigenvalue weighted by atomic mass is 10.0. The molecule has 1 aromatic carbocycles. The van der Waals surface area contributed by atoms with Gasteiger partial charge in [-0.25, -0.2) is 13.8 Å². The number of aliphatic hydroxyl groups is 2. The quantitative estimate of drug-likeness (QED) is 0.260. The van der Waals surface area contributed by atoms with Crippen LogP contribution in [-0.2, 0) is 6.54 Å². The van der Waals surface area contributed by atoms with Crippen LogP contribution in [0.4, 0.5) is 19.6 Å². The summed E-state index contributed by atoms with van der Waals surface area (Å²) in [4.78, 5) is 16.8. The van der Waals surface area contributed by atoms with Gasteiger partial charge >= 0.3 is 0 Å². The highest BCUT2D eigenvalue weighted by atomic mass is 32.1. The molecule has 10 heteroatoms. The molecule has 6 N–H and O–H groups in total. The Balaban J connectivity index is 1.88. The minimum Gasteiger partial charge on any atom is -0.389 e. The molecule has 0 aliphatic heterocycles. The number of primary amides is 1. The first-order valence-electron chi connectivity index (χ1n) is 11.6. The fourth-order valence-electron chi connectivity index (χ4n) is 3.52. The molecule has 1 amide bonds. The van der Waals surface area contributed by atoms with Gasteiger partial charge in [-0.1, -0.05) is 13.0 Å². The van der Waals surface area contributed by atoms with Crippen LogP contribution in [0.15, 0.2) is 30.3 Å². The summed E-state index contributed by atoms with van der Waals surface area (Å²) in [6.07, 6.45) is -0.660. The van der Waals surface area contributed by atoms with Crippen molar-refractivity contribution in [2.24, 2.45) is 5.73 Å². The van der Waals surface area contributed by atoms with Gasteiger partial charge < -0.3 is 26.6 Å². The number of carbonyl (C=O) groups excluding carboxylic acids is 1. The number of amides is 1. The molecular formula is C26H32F2N4O3S. The number of benzene rings is 1. The molecule has 0 aliphatic rings. The number of aromatic nitrogens is 1. The van der Waals surface area contributed by atoms with Crippen LogP contribution in [0, 0.1) is 18.6 Å². The third kappa shape index (κ3) is 6.25. The molecule has 3 rings (SSSR count). The number of thiophene rings is 1. The van der Waals surface area contributed by atoms with Crippen molar-refractivity contribution in [1.82, 2.24) is 10.3 Å². The van der Waals surface area contributed by atoms with Crippen LogP contribution >= 0.6 is 11.3 Å². The molecule has 2 aromatic heterocycles. The second-order valence-corrected chi connectivity index (χ2v) is 10.4. The fraction of sp³-hybridized carbons (Fsp3) is 0.385. The van der Waals surface area contributed by atoms with Gasteiger partial charge in [0.2, 0.25) is 0 Å². The van der Waals surface area contributed by atoms with Crippen molar-refractivity contribution in [3.63, 3.8) is 0 Å². The van der Waals surface area contributed by atoms with Crippen LogP contribution < -0.4 is 16.4 Å². The second kappa shape index (κ2) is 11.0. The topological polar surface area (TPSA) is 120 Å². The van der Waals surface area contributed by atoms with Gasteiger partial charge in [0.05, 0.1) is 22.8 Å². The molecule has 0 saturated heterocycles. The van der Waals surface area contributed by atoms with Crippen molar-refractivity contribution in [2.75, 3.05) is 5.32 Å². The summed E-state index contributed by atoms with van der Waals surface area (Å²) in [5.74, 6) is -2.00. The Bertz CT molecular complexity index is 1230. The van der Waals surface area contributed by atoms with E-state index < -0.39 is 29.2 Å². The third-order valence-corrected chi connectivity index (χ3v) is 7.24. The van der Waals surface area contributed by atoms with Gasteiger partial charge in [0.15, 0.2) is 0 Å². The number of nitrogens with two attached hydrogens (primary N) is 1. The second-order valence-electron chi connectivity index (χ2n) is 9.32. The monoisotopic (exact) mass is 518 g/mol. The number of halogens is 2. The number of hydrogen-bond donors (Lipinski definition) is 5. The molecule has 7 nitrogen and oxygen atoms in total. The highest BCUT2D eigenvalue weighted by Crippen LogP contribution is 2.40. The SMILES string of the molecule is CCC(O)c1cc(F)c(-c2cc(C(N)=O)c(Nc3ccc(CNC(C)C(C)(C)O)c(C)n3)s2)c(F)c1. The van der Waals surface area contributed by atoms with Crippen LogP contribution in [0.3, 0.4) is 0 Å². The summed E-state index contributed by atoms with van der Waals surface area (Å²) in [5.41, 5.74) is 6.24. The summed E-state index contributed by atoms with van der Waals surface area (Å²) in [5, 5.41) is 26.6. The number of rotatable bonds is 10. The molecule has 0 aliphatic carbocycles. The molecular weight excluding hydrogens is 486 g/mol. The standard InChI is InChI=1S/C26H32F2N4O3S/c1-6-20(33)16-9-18(27)23(19(28)10-16)21-11-17(24(29)34)25(36-21)32-22-8-7-15(13(2)31-22)12-30-14(3)26(4,5)35/h7-11,14,20,30,33,35H,6,12H2,1-5H3,(H2,29,34)(H,31,32). The van der Waals surface area contributed by atoms with Crippen LogP contribution in [0.2, 0.25) is 0 Å². The molecule has 36 heavy (non-hydrogen) atoms. The van der Waals surface area contributed by atoms with Gasteiger partial charge in [-0.15, -0.1) is 11.3 Å². The Kier molecular flexibility index (Phi) is 8.45. The number of hydrogen-bond acceptors (Lipinski definition) is 7. The van der Waals surface area contributed by atoms with E-state index in [0.717, 1.165) is 34.7 Å². The zero-order chi connectivity index (χ0) is 26.8. The maximum Gasteiger partial charge on any atom is 0.251 e. The Morgan fingerprint density at radius 1 is 1.22 bits per heavy atom. The summed E-state index contributed by atoms with van der Waals surface area (Å²) >= 11 is 0.976. The van der Waals surface area contributed by atoms with E-state index in [1.54, 1.807) is 26.8 Å². The van der Waals surface area contributed by atoms with E-state index in [9.17, 15) is 23.8 Å². The highest BCUT2D eigenvalue weighted by Gasteiger charge is 2.23. The van der Waals surface area contributed by atoms with E-state index in [1.165, 1.54) is 6.07 Å². The molecule has 2 unspecified atom stereocenters. The predicted octanol–water partition coefficient (Wildman–Crippen LogP) is 4.93. The first-order valence-corrected chi connectivity index (χ1v) is 12.4. The van der Waals surface area contributed by atoms with Gasteiger partial charge in [0.25, 0.3) is 5.91 Å². The molecule has 0 spiro atoms. The van der Waals surface area contributed by atoms with E-state index >= 15 is 0 Å². The molecule has 194 valence electrons. The number of anilines is 2. The van der Waals surface area contributed by atoms with Crippen LogP contribution in [0.25, 0.3) is 10.4 Å². The molecule has 0 bridgehead atoms. The van der Waals surface area contributed by atoms with Gasteiger partial charge in [0.1, 0.15) is 22.5 Å². The summed E-state index contributed by atoms with van der Waals surface area (Å²) in [7, 11) is 0. The van der Waals surface area contributed by atoms with Gasteiger partial charge in [-0.05, 0) is 69.5 Å². The molecule has 0 radical (unpaired) electrons. The molecule has 3 aromatic rings. The lowest BCUT2D eigenvalue weighted by Gasteiger charge is -2.27. The smallest absolute Gasteiger partial charge is 0.251 e. The third-order valence-electron chi connectivity index (χ3n) is 6.18. The number of carbonyl (C=O) groups is 1. The Hall–Kier alpha value is -2.92. The van der Waals surface area contributed by atoms with Crippen LogP contribution in [0.5, 0.6) is 0 Å². The van der Waals surface area contributed by atoms with Gasteiger partial charge in [0, 0.05) is 23.2 Å². The Labute approximate surface area is 213 Å². The van der Waals surface area contributed by atoms with Crippen LogP contribution in [-0.4, -0.2) is 32.7 Å². The zero-order valence-electron chi connectivity index (χ0n) is 20.9. The van der Waals surface area contributed by atoms with E-state index in [4.69, 9.17) is 5.73 Å². The minimum absolute atomic E-state index is 0.0793. The average Bonchev–Trinajstić information content (AvgIpc) is 3.20. The number of nitrogens with zero attached hydrogens (tertiary/aromatic N) is 1. The molecule has 0 fully saturated rings. The number of pyridine rings is 1. The predicted molar refractivity (Wildman–Crippen MR) is 138 cm³/mol. The minimum atomic E-state index is -0.976. The van der Waals surface area contributed by atoms with E-state index in [2.05, 4.69) is 15.6 Å². The van der Waals surface area contributed by atoms with Crippen LogP contribution in [0.1, 0.15) is 67.4 Å². The zero-order valence-corrected chi connectivity index (χ0v) is 21.8. The van der Waals surface area contributed by atoms with Gasteiger partial charge in [-0.2, -0.15) is 0 Å². The Morgan fingerprint density at radius 2 is 1.86 bits per heavy atom. The average molecular weight is 519 g/mol. The normalized spacial score (nSPS) is 13.5. The largest absolute Gasteiger partial charge is 0.389 e. The van der Waals surface area contributed by atoms with E-state index in [1.807, 2.05) is 19.9 Å². The lowest BCUT2D eigenvalue weighted by molar-refractivity contribution is 0.0437. The van der Waals surface area contributed by atoms with Crippen molar-refractivity contribution in [2.45, 2.75) is 65.3 Å². The lowest BCUT2D eigenvalue weighted by Crippen LogP contribution is -2.44. The number of aryl methyl sites for hydroxylation is 1. The van der Waals surface area contributed by atoms with Crippen molar-refractivity contribution in [3.05, 3.63) is 64.4 Å². The van der Waals surface area contributed by atoms with E-state index in [0.29, 0.717) is 23.8 Å². The maximum absolute atomic E-state index is 14.8. The molecule has 0 saturated carbocycles. The van der Waals surface area contributed by atoms with Crippen molar-refractivity contribution < 1.29 is 23.8 Å². The summed E-state index contributed by atoms with van der Waals surface area (Å²) in [6, 6.07) is 6.99. The van der Waals surface area contributed by atoms with E-state index in [-0.39, 0.29) is 27.6 Å². The maximum atomic E-state index is 14.8. The highest BCUT2D eigenvalue weighted by molar-refractivity contribution is 7.20. The van der Waals surface area contributed by atoms with Crippen molar-refractivity contribution >= 4 is 28.1 Å². The first kappa shape index (κ1) is 27.7. The molecule has 2 heterocycles. The van der Waals surface area contributed by atoms with Gasteiger partial charge in [-0.3, -0.25) is 4.79 Å².